The molecule has 5 heteroatoms. The summed E-state index contributed by atoms with van der Waals surface area (Å²) in [6, 6.07) is 11.3. The van der Waals surface area contributed by atoms with Gasteiger partial charge in [-0.15, -0.1) is 0 Å². The van der Waals surface area contributed by atoms with E-state index < -0.39 is 11.8 Å². The van der Waals surface area contributed by atoms with E-state index in [0.29, 0.717) is 5.69 Å². The van der Waals surface area contributed by atoms with Crippen LogP contribution in [0.1, 0.15) is 10.4 Å². The van der Waals surface area contributed by atoms with Crippen molar-refractivity contribution >= 4 is 23.0 Å². The first-order valence-electron chi connectivity index (χ1n) is 6.06. The molecule has 20 heavy (non-hydrogen) atoms. The van der Waals surface area contributed by atoms with Crippen molar-refractivity contribution in [2.75, 3.05) is 24.3 Å². The molecule has 0 aliphatic heterocycles. The highest BCUT2D eigenvalue weighted by atomic mass is 19.1. The molecule has 0 fully saturated rings. The minimum atomic E-state index is -1.17. The topological polar surface area (TPSA) is 52.6 Å². The third-order valence-electron chi connectivity index (χ3n) is 2.89. The van der Waals surface area contributed by atoms with Gasteiger partial charge in [-0.3, -0.25) is 0 Å². The van der Waals surface area contributed by atoms with Gasteiger partial charge in [-0.05, 0) is 24.3 Å². The molecule has 0 aliphatic rings. The number of para-hydroxylation sites is 3. The lowest BCUT2D eigenvalue weighted by Crippen LogP contribution is -2.12. The summed E-state index contributed by atoms with van der Waals surface area (Å²) in [4.78, 5) is 13.0. The van der Waals surface area contributed by atoms with Crippen LogP contribution in [0.3, 0.4) is 0 Å². The molecule has 104 valence electrons. The van der Waals surface area contributed by atoms with Crippen LogP contribution in [0.5, 0.6) is 0 Å². The van der Waals surface area contributed by atoms with Gasteiger partial charge in [-0.2, -0.15) is 0 Å². The molecule has 0 heterocycles. The predicted octanol–water partition coefficient (Wildman–Crippen LogP) is 3.33. The zero-order valence-corrected chi connectivity index (χ0v) is 11.2. The van der Waals surface area contributed by atoms with Gasteiger partial charge in [0.15, 0.2) is 0 Å². The molecule has 2 N–H and O–H groups in total. The number of rotatable bonds is 4. The second-order valence-electron chi connectivity index (χ2n) is 4.50. The van der Waals surface area contributed by atoms with Crippen molar-refractivity contribution in [3.63, 3.8) is 0 Å². The summed E-state index contributed by atoms with van der Waals surface area (Å²) in [6.45, 7) is 0. The first-order chi connectivity index (χ1) is 9.50. The molecule has 0 atom stereocenters. The number of nitrogens with zero attached hydrogens (tertiary/aromatic N) is 1. The second-order valence-corrected chi connectivity index (χ2v) is 4.50. The first kappa shape index (κ1) is 13.9. The fourth-order valence-electron chi connectivity index (χ4n) is 1.93. The van der Waals surface area contributed by atoms with Gasteiger partial charge in [-0.1, -0.05) is 18.2 Å². The maximum Gasteiger partial charge on any atom is 0.337 e. The van der Waals surface area contributed by atoms with Crippen LogP contribution in [0.25, 0.3) is 0 Å². The molecule has 0 radical (unpaired) electrons. The van der Waals surface area contributed by atoms with Crippen LogP contribution in [0.2, 0.25) is 0 Å². The van der Waals surface area contributed by atoms with Crippen molar-refractivity contribution in [2.45, 2.75) is 0 Å². The second kappa shape index (κ2) is 5.61. The van der Waals surface area contributed by atoms with Gasteiger partial charge in [-0.25, -0.2) is 9.18 Å². The highest BCUT2D eigenvalue weighted by molar-refractivity contribution is 5.96. The minimum absolute atomic E-state index is 0.0331. The summed E-state index contributed by atoms with van der Waals surface area (Å²) in [7, 11) is 3.72. The molecule has 0 aliphatic carbocycles. The molecule has 2 aromatic rings. The van der Waals surface area contributed by atoms with E-state index in [0.717, 1.165) is 5.69 Å². The third-order valence-corrected chi connectivity index (χ3v) is 2.89. The predicted molar refractivity (Wildman–Crippen MR) is 77.4 cm³/mol. The van der Waals surface area contributed by atoms with Crippen molar-refractivity contribution in [3.05, 3.63) is 53.8 Å². The molecule has 2 aromatic carbocycles. The Kier molecular flexibility index (Phi) is 3.89. The number of carbonyl (C=O) groups is 1. The van der Waals surface area contributed by atoms with Crippen molar-refractivity contribution in [1.82, 2.24) is 0 Å². The highest BCUT2D eigenvalue weighted by Crippen LogP contribution is 2.30. The van der Waals surface area contributed by atoms with E-state index in [1.165, 1.54) is 18.2 Å². The Bertz CT molecular complexity index is 642. The zero-order chi connectivity index (χ0) is 14.7. The number of carboxylic acids is 1. The van der Waals surface area contributed by atoms with Crippen LogP contribution >= 0.6 is 0 Å². The van der Waals surface area contributed by atoms with Crippen LogP contribution in [0.15, 0.2) is 42.5 Å². The summed E-state index contributed by atoms with van der Waals surface area (Å²) in [5.74, 6) is -1.77. The Hall–Kier alpha value is -2.56. The fourth-order valence-corrected chi connectivity index (χ4v) is 1.93. The summed E-state index contributed by atoms with van der Waals surface area (Å²) < 4.78 is 13.9. The lowest BCUT2D eigenvalue weighted by atomic mass is 10.1. The van der Waals surface area contributed by atoms with Crippen molar-refractivity contribution < 1.29 is 14.3 Å². The summed E-state index contributed by atoms with van der Waals surface area (Å²) in [5, 5.41) is 12.0. The quantitative estimate of drug-likeness (QED) is 0.898. The van der Waals surface area contributed by atoms with E-state index in [1.54, 1.807) is 12.1 Å². The molecule has 0 spiro atoms. The SMILES string of the molecule is CN(C)c1ccccc1Nc1c(F)cccc1C(=O)O. The molecular weight excluding hydrogens is 259 g/mol. The molecule has 0 aromatic heterocycles. The normalized spacial score (nSPS) is 10.2. The highest BCUT2D eigenvalue weighted by Gasteiger charge is 2.15. The first-order valence-corrected chi connectivity index (χ1v) is 6.06. The standard InChI is InChI=1S/C15H15FN2O2/c1-18(2)13-9-4-3-8-12(13)17-14-10(15(19)20)6-5-7-11(14)16/h3-9,17H,1-2H3,(H,19,20). The van der Waals surface area contributed by atoms with E-state index in [1.807, 2.05) is 31.1 Å². The monoisotopic (exact) mass is 274 g/mol. The van der Waals surface area contributed by atoms with Gasteiger partial charge in [0.2, 0.25) is 0 Å². The van der Waals surface area contributed by atoms with Crippen molar-refractivity contribution in [1.29, 1.82) is 0 Å². The fraction of sp³-hybridized carbons (Fsp3) is 0.133. The van der Waals surface area contributed by atoms with Crippen LogP contribution in [-0.2, 0) is 0 Å². The molecule has 2 rings (SSSR count). The Morgan fingerprint density at radius 3 is 2.50 bits per heavy atom. The number of anilines is 3. The van der Waals surface area contributed by atoms with Gasteiger partial charge in [0.05, 0.1) is 22.6 Å². The van der Waals surface area contributed by atoms with Gasteiger partial charge >= 0.3 is 5.97 Å². The molecule has 0 unspecified atom stereocenters. The van der Waals surface area contributed by atoms with Gasteiger partial charge < -0.3 is 15.3 Å². The maximum absolute atomic E-state index is 13.9. The smallest absolute Gasteiger partial charge is 0.337 e. The summed E-state index contributed by atoms with van der Waals surface area (Å²) >= 11 is 0. The van der Waals surface area contributed by atoms with Crippen LogP contribution in [0, 0.1) is 5.82 Å². The molecular formula is C15H15FN2O2. The van der Waals surface area contributed by atoms with E-state index in [2.05, 4.69) is 5.32 Å². The average molecular weight is 274 g/mol. The minimum Gasteiger partial charge on any atom is -0.478 e. The number of halogens is 1. The van der Waals surface area contributed by atoms with Crippen LogP contribution < -0.4 is 10.2 Å². The Morgan fingerprint density at radius 2 is 1.85 bits per heavy atom. The van der Waals surface area contributed by atoms with E-state index in [4.69, 9.17) is 5.11 Å². The average Bonchev–Trinajstić information content (AvgIpc) is 2.41. The molecule has 0 bridgehead atoms. The van der Waals surface area contributed by atoms with E-state index >= 15 is 0 Å². The zero-order valence-electron chi connectivity index (χ0n) is 11.2. The molecule has 4 nitrogen and oxygen atoms in total. The van der Waals surface area contributed by atoms with E-state index in [-0.39, 0.29) is 11.3 Å². The third kappa shape index (κ3) is 2.71. The number of benzene rings is 2. The van der Waals surface area contributed by atoms with Crippen molar-refractivity contribution in [3.8, 4) is 0 Å². The van der Waals surface area contributed by atoms with Crippen LogP contribution in [0.4, 0.5) is 21.5 Å². The lowest BCUT2D eigenvalue weighted by Gasteiger charge is -2.19. The number of hydrogen-bond acceptors (Lipinski definition) is 3. The maximum atomic E-state index is 13.9. The van der Waals surface area contributed by atoms with Gasteiger partial charge in [0, 0.05) is 14.1 Å². The summed E-state index contributed by atoms with van der Waals surface area (Å²) in [5.41, 5.74) is 1.35. The van der Waals surface area contributed by atoms with Gasteiger partial charge in [0.1, 0.15) is 5.82 Å². The summed E-state index contributed by atoms with van der Waals surface area (Å²) in [6.07, 6.45) is 0. The number of hydrogen-bond donors (Lipinski definition) is 2. The van der Waals surface area contributed by atoms with E-state index in [9.17, 15) is 9.18 Å². The number of aromatic carboxylic acids is 1. The van der Waals surface area contributed by atoms with Crippen molar-refractivity contribution in [2.24, 2.45) is 0 Å². The molecule has 0 saturated carbocycles. The lowest BCUT2D eigenvalue weighted by molar-refractivity contribution is 0.0697. The Balaban J connectivity index is 2.48. The Labute approximate surface area is 116 Å². The molecule has 0 amide bonds. The van der Waals surface area contributed by atoms with Crippen LogP contribution in [-0.4, -0.2) is 25.2 Å². The Morgan fingerprint density at radius 1 is 1.15 bits per heavy atom. The van der Waals surface area contributed by atoms with Gasteiger partial charge in [0.25, 0.3) is 0 Å². The number of nitrogens with one attached hydrogen (secondary N) is 1. The molecule has 0 saturated heterocycles. The largest absolute Gasteiger partial charge is 0.478 e. The number of carboxylic acid groups (broad SMARTS) is 1.